The molecular weight excluding hydrogens is 306 g/mol. The van der Waals surface area contributed by atoms with Gasteiger partial charge in [-0.1, -0.05) is 12.8 Å². The number of anilines is 1. The number of hydrogen-bond acceptors (Lipinski definition) is 3. The van der Waals surface area contributed by atoms with Gasteiger partial charge in [0.05, 0.1) is 6.10 Å². The van der Waals surface area contributed by atoms with Crippen LogP contribution in [0.2, 0.25) is 0 Å². The lowest BCUT2D eigenvalue weighted by atomic mass is 9.54. The van der Waals surface area contributed by atoms with Crippen LogP contribution in [0, 0.1) is 11.3 Å². The number of urea groups is 1. The maximum Gasteiger partial charge on any atom is 0.319 e. The van der Waals surface area contributed by atoms with Crippen molar-refractivity contribution in [2.24, 2.45) is 11.3 Å². The molecule has 6 nitrogen and oxygen atoms in total. The minimum Gasteiger partial charge on any atom is -0.377 e. The molecule has 2 N–H and O–H groups in total. The highest BCUT2D eigenvalue weighted by molar-refractivity contribution is 5.89. The number of ether oxygens (including phenoxy) is 1. The lowest BCUT2D eigenvalue weighted by Crippen LogP contribution is -2.68. The molecule has 3 aliphatic rings. The molecule has 130 valence electrons. The van der Waals surface area contributed by atoms with Crippen LogP contribution in [-0.2, 0) is 11.3 Å². The molecule has 2 heterocycles. The predicted octanol–water partition coefficient (Wildman–Crippen LogP) is 2.34. The molecule has 6 heteroatoms. The first-order chi connectivity index (χ1) is 11.6. The van der Waals surface area contributed by atoms with Crippen molar-refractivity contribution in [3.63, 3.8) is 0 Å². The summed E-state index contributed by atoms with van der Waals surface area (Å²) in [6.07, 6.45) is 9.45. The molecule has 1 saturated heterocycles. The molecule has 0 aromatic carbocycles. The Morgan fingerprint density at radius 2 is 2.21 bits per heavy atom. The number of rotatable bonds is 3. The van der Waals surface area contributed by atoms with Crippen LogP contribution in [0.4, 0.5) is 10.5 Å². The first-order valence-electron chi connectivity index (χ1n) is 9.03. The largest absolute Gasteiger partial charge is 0.377 e. The van der Waals surface area contributed by atoms with Crippen LogP contribution in [0.15, 0.2) is 23.3 Å². The number of amides is 2. The van der Waals surface area contributed by atoms with Crippen molar-refractivity contribution in [2.75, 3.05) is 11.9 Å². The average Bonchev–Trinajstić information content (AvgIpc) is 3.23. The fourth-order valence-corrected chi connectivity index (χ4v) is 5.02. The molecular formula is C18H25N3O3. The van der Waals surface area contributed by atoms with Crippen molar-refractivity contribution in [3.05, 3.63) is 28.7 Å². The van der Waals surface area contributed by atoms with Crippen molar-refractivity contribution >= 4 is 11.7 Å². The zero-order chi connectivity index (χ0) is 16.7. The molecule has 1 aromatic heterocycles. The van der Waals surface area contributed by atoms with E-state index in [9.17, 15) is 9.59 Å². The highest BCUT2D eigenvalue weighted by Gasteiger charge is 2.65. The quantitative estimate of drug-likeness (QED) is 0.893. The van der Waals surface area contributed by atoms with E-state index in [0.29, 0.717) is 17.7 Å². The molecule has 0 radical (unpaired) electrons. The minimum absolute atomic E-state index is 0.124. The van der Waals surface area contributed by atoms with Gasteiger partial charge in [0.2, 0.25) is 5.43 Å². The molecule has 2 saturated carbocycles. The van der Waals surface area contributed by atoms with E-state index in [-0.39, 0.29) is 22.9 Å². The predicted molar refractivity (Wildman–Crippen MR) is 91.1 cm³/mol. The summed E-state index contributed by atoms with van der Waals surface area (Å²) in [5, 5.41) is 5.90. The molecule has 1 aliphatic heterocycles. The molecule has 2 amide bonds. The number of nitrogens with zero attached hydrogens (tertiary/aromatic N) is 1. The molecule has 1 aromatic rings. The van der Waals surface area contributed by atoms with E-state index >= 15 is 0 Å². The molecule has 4 rings (SSSR count). The Hall–Kier alpha value is -1.82. The third kappa shape index (κ3) is 2.35. The fraction of sp³-hybridized carbons (Fsp3) is 0.667. The number of carbonyl (C=O) groups is 1. The number of aryl methyl sites for hydroxylation is 1. The minimum atomic E-state index is -0.275. The third-order valence-electron chi connectivity index (χ3n) is 6.16. The van der Waals surface area contributed by atoms with E-state index in [2.05, 4.69) is 10.6 Å². The van der Waals surface area contributed by atoms with Gasteiger partial charge in [0.25, 0.3) is 0 Å². The summed E-state index contributed by atoms with van der Waals surface area (Å²) < 4.78 is 7.82. The van der Waals surface area contributed by atoms with Gasteiger partial charge in [-0.15, -0.1) is 0 Å². The number of pyridine rings is 1. The van der Waals surface area contributed by atoms with Gasteiger partial charge in [-0.2, -0.15) is 0 Å². The van der Waals surface area contributed by atoms with Gasteiger partial charge in [-0.05, 0) is 26.2 Å². The fourth-order valence-electron chi connectivity index (χ4n) is 5.02. The normalized spacial score (nSPS) is 30.0. The van der Waals surface area contributed by atoms with E-state index in [4.69, 9.17) is 4.74 Å². The van der Waals surface area contributed by atoms with Gasteiger partial charge in [0, 0.05) is 49.0 Å². The van der Waals surface area contributed by atoms with E-state index < -0.39 is 0 Å². The summed E-state index contributed by atoms with van der Waals surface area (Å²) >= 11 is 0. The SMILES string of the molecule is CCn1ccc(=O)c(NC(=O)N[C@@H]2[C@@H]3CCO[C@@H]3C23CCCC3)c1. The Kier molecular flexibility index (Phi) is 3.87. The second-order valence-electron chi connectivity index (χ2n) is 7.31. The second kappa shape index (κ2) is 5.92. The van der Waals surface area contributed by atoms with Crippen LogP contribution in [-0.4, -0.2) is 29.4 Å². The van der Waals surface area contributed by atoms with Gasteiger partial charge in [0.15, 0.2) is 0 Å². The number of hydrogen-bond donors (Lipinski definition) is 2. The van der Waals surface area contributed by atoms with E-state index in [0.717, 1.165) is 32.4 Å². The standard InChI is InChI=1S/C18H25N3O3/c1-2-21-9-5-14(22)13(11-21)19-17(23)20-15-12-6-10-24-16(12)18(15)7-3-4-8-18/h5,9,11-12,15-16H,2-4,6-8,10H2,1H3,(H2,19,20,23)/t12-,15+,16-/m0/s1. The molecule has 3 atom stereocenters. The van der Waals surface area contributed by atoms with Crippen LogP contribution in [0.25, 0.3) is 0 Å². The number of nitrogens with one attached hydrogen (secondary N) is 2. The van der Waals surface area contributed by atoms with Crippen molar-refractivity contribution in [3.8, 4) is 0 Å². The van der Waals surface area contributed by atoms with E-state index in [1.807, 2.05) is 11.5 Å². The zero-order valence-corrected chi connectivity index (χ0v) is 14.1. The van der Waals surface area contributed by atoms with Crippen LogP contribution in [0.1, 0.15) is 39.0 Å². The van der Waals surface area contributed by atoms with Crippen molar-refractivity contribution in [1.29, 1.82) is 0 Å². The molecule has 3 fully saturated rings. The zero-order valence-electron chi connectivity index (χ0n) is 14.1. The van der Waals surface area contributed by atoms with E-state index in [1.54, 1.807) is 12.4 Å². The Morgan fingerprint density at radius 1 is 1.42 bits per heavy atom. The van der Waals surface area contributed by atoms with Gasteiger partial charge in [-0.3, -0.25) is 4.79 Å². The van der Waals surface area contributed by atoms with Gasteiger partial charge in [-0.25, -0.2) is 4.79 Å². The molecule has 0 unspecified atom stereocenters. The first kappa shape index (κ1) is 15.7. The van der Waals surface area contributed by atoms with Crippen molar-refractivity contribution in [2.45, 2.75) is 57.7 Å². The Bertz CT molecular complexity index is 693. The summed E-state index contributed by atoms with van der Waals surface area (Å²) in [6, 6.07) is 1.38. The van der Waals surface area contributed by atoms with E-state index in [1.165, 1.54) is 18.9 Å². The average molecular weight is 331 g/mol. The van der Waals surface area contributed by atoms with Crippen LogP contribution in [0.5, 0.6) is 0 Å². The highest BCUT2D eigenvalue weighted by atomic mass is 16.5. The Labute approximate surface area is 141 Å². The maximum absolute atomic E-state index is 12.5. The number of fused-ring (bicyclic) bond motifs is 2. The highest BCUT2D eigenvalue weighted by Crippen LogP contribution is 2.60. The third-order valence-corrected chi connectivity index (χ3v) is 6.16. The molecule has 2 aliphatic carbocycles. The lowest BCUT2D eigenvalue weighted by molar-refractivity contribution is -0.125. The monoisotopic (exact) mass is 331 g/mol. The summed E-state index contributed by atoms with van der Waals surface area (Å²) in [5.74, 6) is 0.428. The van der Waals surface area contributed by atoms with Gasteiger partial charge < -0.3 is 19.9 Å². The summed E-state index contributed by atoms with van der Waals surface area (Å²) in [5.41, 5.74) is 0.288. The number of aromatic nitrogens is 1. The van der Waals surface area contributed by atoms with Crippen molar-refractivity contribution in [1.82, 2.24) is 9.88 Å². The lowest BCUT2D eigenvalue weighted by Gasteiger charge is -2.56. The summed E-state index contributed by atoms with van der Waals surface area (Å²) in [4.78, 5) is 24.4. The molecule has 24 heavy (non-hydrogen) atoms. The van der Waals surface area contributed by atoms with Crippen molar-refractivity contribution < 1.29 is 9.53 Å². The number of carbonyl (C=O) groups excluding carboxylic acids is 1. The Balaban J connectivity index is 1.47. The molecule has 1 spiro atoms. The smallest absolute Gasteiger partial charge is 0.319 e. The summed E-state index contributed by atoms with van der Waals surface area (Å²) in [7, 11) is 0. The van der Waals surface area contributed by atoms with Gasteiger partial charge >= 0.3 is 6.03 Å². The van der Waals surface area contributed by atoms with Gasteiger partial charge in [0.1, 0.15) is 5.69 Å². The van der Waals surface area contributed by atoms with Crippen LogP contribution >= 0.6 is 0 Å². The second-order valence-corrected chi connectivity index (χ2v) is 7.31. The van der Waals surface area contributed by atoms with Crippen LogP contribution < -0.4 is 16.1 Å². The summed E-state index contributed by atoms with van der Waals surface area (Å²) in [6.45, 7) is 3.55. The maximum atomic E-state index is 12.5. The topological polar surface area (TPSA) is 72.4 Å². The first-order valence-corrected chi connectivity index (χ1v) is 9.03. The Morgan fingerprint density at radius 3 is 2.96 bits per heavy atom. The van der Waals surface area contributed by atoms with Crippen LogP contribution in [0.3, 0.4) is 0 Å². The molecule has 0 bridgehead atoms.